The number of carbonyl (C=O) groups is 1. The lowest BCUT2D eigenvalue weighted by atomic mass is 10.2. The molecule has 1 heterocycles. The SMILES string of the molecule is CCCOc1ccc(C(=O)Nc2nc(-c3ccc(F)cc3)cs2)cc1N. The number of nitrogens with one attached hydrogen (secondary N) is 1. The highest BCUT2D eigenvalue weighted by Gasteiger charge is 2.12. The van der Waals surface area contributed by atoms with Crippen molar-refractivity contribution < 1.29 is 13.9 Å². The van der Waals surface area contributed by atoms with E-state index in [4.69, 9.17) is 10.5 Å². The molecule has 0 aliphatic heterocycles. The Morgan fingerprint density at radius 3 is 2.73 bits per heavy atom. The number of carbonyl (C=O) groups excluding carboxylic acids is 1. The van der Waals surface area contributed by atoms with Crippen molar-refractivity contribution in [3.63, 3.8) is 0 Å². The fourth-order valence-corrected chi connectivity index (χ4v) is 3.00. The molecule has 0 saturated carbocycles. The maximum absolute atomic E-state index is 13.0. The first kappa shape index (κ1) is 17.9. The Labute approximate surface area is 154 Å². The summed E-state index contributed by atoms with van der Waals surface area (Å²) in [6, 6.07) is 11.0. The van der Waals surface area contributed by atoms with Gasteiger partial charge in [-0.3, -0.25) is 10.1 Å². The Morgan fingerprint density at radius 2 is 2.04 bits per heavy atom. The van der Waals surface area contributed by atoms with Crippen LogP contribution >= 0.6 is 11.3 Å². The molecule has 0 unspecified atom stereocenters. The van der Waals surface area contributed by atoms with Crippen molar-refractivity contribution in [1.82, 2.24) is 4.98 Å². The van der Waals surface area contributed by atoms with E-state index in [1.54, 1.807) is 35.7 Å². The standard InChI is InChI=1S/C19H18FN3O2S/c1-2-9-25-17-8-5-13(10-15(17)21)18(24)23-19-22-16(11-26-19)12-3-6-14(20)7-4-12/h3-8,10-11H,2,9,21H2,1H3,(H,22,23,24). The van der Waals surface area contributed by atoms with E-state index in [9.17, 15) is 9.18 Å². The number of hydrogen-bond donors (Lipinski definition) is 2. The Balaban J connectivity index is 1.70. The minimum absolute atomic E-state index is 0.304. The van der Waals surface area contributed by atoms with Crippen LogP contribution in [0.3, 0.4) is 0 Å². The zero-order valence-electron chi connectivity index (χ0n) is 14.2. The van der Waals surface area contributed by atoms with Gasteiger partial charge in [-0.05, 0) is 48.9 Å². The van der Waals surface area contributed by atoms with Gasteiger partial charge in [0.2, 0.25) is 0 Å². The summed E-state index contributed by atoms with van der Waals surface area (Å²) in [7, 11) is 0. The van der Waals surface area contributed by atoms with E-state index in [-0.39, 0.29) is 11.7 Å². The molecular weight excluding hydrogens is 353 g/mol. The van der Waals surface area contributed by atoms with Crippen molar-refractivity contribution in [2.45, 2.75) is 13.3 Å². The van der Waals surface area contributed by atoms with Crippen LogP contribution in [0.15, 0.2) is 47.8 Å². The average molecular weight is 371 g/mol. The Bertz CT molecular complexity index is 909. The number of anilines is 2. The molecule has 3 rings (SSSR count). The van der Waals surface area contributed by atoms with E-state index in [1.807, 2.05) is 6.92 Å². The van der Waals surface area contributed by atoms with Crippen LogP contribution in [0.4, 0.5) is 15.2 Å². The normalized spacial score (nSPS) is 10.5. The summed E-state index contributed by atoms with van der Waals surface area (Å²) < 4.78 is 18.5. The summed E-state index contributed by atoms with van der Waals surface area (Å²) in [5.74, 6) is -0.0450. The van der Waals surface area contributed by atoms with Crippen LogP contribution in [0.1, 0.15) is 23.7 Å². The molecule has 1 amide bonds. The largest absolute Gasteiger partial charge is 0.491 e. The molecule has 1 aromatic heterocycles. The predicted molar refractivity (Wildman–Crippen MR) is 102 cm³/mol. The molecule has 26 heavy (non-hydrogen) atoms. The molecule has 5 nitrogen and oxygen atoms in total. The van der Waals surface area contributed by atoms with Gasteiger partial charge in [0.15, 0.2) is 5.13 Å². The van der Waals surface area contributed by atoms with Gasteiger partial charge < -0.3 is 10.5 Å². The van der Waals surface area contributed by atoms with E-state index >= 15 is 0 Å². The average Bonchev–Trinajstić information content (AvgIpc) is 3.09. The van der Waals surface area contributed by atoms with Crippen LogP contribution in [0.2, 0.25) is 0 Å². The van der Waals surface area contributed by atoms with Gasteiger partial charge >= 0.3 is 0 Å². The highest BCUT2D eigenvalue weighted by molar-refractivity contribution is 7.14. The minimum Gasteiger partial charge on any atom is -0.491 e. The van der Waals surface area contributed by atoms with Crippen LogP contribution in [0.25, 0.3) is 11.3 Å². The second kappa shape index (κ2) is 7.97. The van der Waals surface area contributed by atoms with Crippen molar-refractivity contribution >= 4 is 28.1 Å². The molecule has 0 saturated heterocycles. The monoisotopic (exact) mass is 371 g/mol. The van der Waals surface area contributed by atoms with Gasteiger partial charge in [-0.2, -0.15) is 0 Å². The van der Waals surface area contributed by atoms with Gasteiger partial charge in [0, 0.05) is 16.5 Å². The van der Waals surface area contributed by atoms with Gasteiger partial charge in [0.05, 0.1) is 18.0 Å². The second-order valence-corrected chi connectivity index (χ2v) is 6.46. The highest BCUT2D eigenvalue weighted by atomic mass is 32.1. The Morgan fingerprint density at radius 1 is 1.27 bits per heavy atom. The minimum atomic E-state index is -0.307. The molecule has 2 aromatic carbocycles. The van der Waals surface area contributed by atoms with Crippen LogP contribution in [-0.4, -0.2) is 17.5 Å². The zero-order valence-corrected chi connectivity index (χ0v) is 15.0. The summed E-state index contributed by atoms with van der Waals surface area (Å²) in [5.41, 5.74) is 8.23. The number of ether oxygens (including phenoxy) is 1. The fraction of sp³-hybridized carbons (Fsp3) is 0.158. The van der Waals surface area contributed by atoms with Crippen molar-refractivity contribution in [3.8, 4) is 17.0 Å². The summed E-state index contributed by atoms with van der Waals surface area (Å²) in [5, 5.41) is 5.01. The Hall–Kier alpha value is -2.93. The van der Waals surface area contributed by atoms with Crippen molar-refractivity contribution in [2.75, 3.05) is 17.7 Å². The number of rotatable bonds is 6. The number of nitrogens with two attached hydrogens (primary N) is 1. The smallest absolute Gasteiger partial charge is 0.257 e. The summed E-state index contributed by atoms with van der Waals surface area (Å²) in [4.78, 5) is 16.8. The lowest BCUT2D eigenvalue weighted by Gasteiger charge is -2.09. The third kappa shape index (κ3) is 4.18. The Kier molecular flexibility index (Phi) is 5.48. The van der Waals surface area contributed by atoms with Crippen LogP contribution < -0.4 is 15.8 Å². The summed E-state index contributed by atoms with van der Waals surface area (Å²) >= 11 is 1.30. The summed E-state index contributed by atoms with van der Waals surface area (Å²) in [6.07, 6.45) is 0.877. The lowest BCUT2D eigenvalue weighted by molar-refractivity contribution is 0.102. The van der Waals surface area contributed by atoms with Crippen LogP contribution in [0, 0.1) is 5.82 Å². The first-order valence-electron chi connectivity index (χ1n) is 8.12. The molecular formula is C19H18FN3O2S. The molecule has 0 fully saturated rings. The molecule has 0 bridgehead atoms. The number of halogens is 1. The molecule has 0 spiro atoms. The third-order valence-corrected chi connectivity index (χ3v) is 4.36. The molecule has 134 valence electrons. The number of aromatic nitrogens is 1. The van der Waals surface area contributed by atoms with E-state index in [0.29, 0.717) is 34.4 Å². The van der Waals surface area contributed by atoms with Gasteiger partial charge in [0.25, 0.3) is 5.91 Å². The molecule has 7 heteroatoms. The summed E-state index contributed by atoms with van der Waals surface area (Å²) in [6.45, 7) is 2.58. The van der Waals surface area contributed by atoms with Gasteiger partial charge in [0.1, 0.15) is 11.6 Å². The number of nitrogens with zero attached hydrogens (tertiary/aromatic N) is 1. The first-order chi connectivity index (χ1) is 12.6. The van der Waals surface area contributed by atoms with E-state index in [0.717, 1.165) is 12.0 Å². The third-order valence-electron chi connectivity index (χ3n) is 3.60. The van der Waals surface area contributed by atoms with Crippen LogP contribution in [0.5, 0.6) is 5.75 Å². The molecule has 0 atom stereocenters. The van der Waals surface area contributed by atoms with Crippen molar-refractivity contribution in [2.24, 2.45) is 0 Å². The fourth-order valence-electron chi connectivity index (χ4n) is 2.29. The second-order valence-electron chi connectivity index (χ2n) is 5.60. The number of benzene rings is 2. The maximum atomic E-state index is 13.0. The van der Waals surface area contributed by atoms with E-state index in [2.05, 4.69) is 10.3 Å². The maximum Gasteiger partial charge on any atom is 0.257 e. The molecule has 0 aliphatic rings. The van der Waals surface area contributed by atoms with Gasteiger partial charge in [-0.1, -0.05) is 6.92 Å². The van der Waals surface area contributed by atoms with E-state index in [1.165, 1.54) is 23.5 Å². The molecule has 3 aromatic rings. The lowest BCUT2D eigenvalue weighted by Crippen LogP contribution is -2.12. The molecule has 0 aliphatic carbocycles. The highest BCUT2D eigenvalue weighted by Crippen LogP contribution is 2.26. The van der Waals surface area contributed by atoms with Gasteiger partial charge in [-0.25, -0.2) is 9.37 Å². The molecule has 0 radical (unpaired) electrons. The first-order valence-corrected chi connectivity index (χ1v) is 9.00. The quantitative estimate of drug-likeness (QED) is 0.622. The van der Waals surface area contributed by atoms with Crippen molar-refractivity contribution in [1.29, 1.82) is 0 Å². The topological polar surface area (TPSA) is 77.2 Å². The van der Waals surface area contributed by atoms with Gasteiger partial charge in [-0.15, -0.1) is 11.3 Å². The van der Waals surface area contributed by atoms with Crippen molar-refractivity contribution in [3.05, 3.63) is 59.2 Å². The number of hydrogen-bond acceptors (Lipinski definition) is 5. The number of amides is 1. The predicted octanol–water partition coefficient (Wildman–Crippen LogP) is 4.57. The number of nitrogen functional groups attached to an aromatic ring is 1. The van der Waals surface area contributed by atoms with E-state index < -0.39 is 0 Å². The molecule has 3 N–H and O–H groups in total. The van der Waals surface area contributed by atoms with Crippen LogP contribution in [-0.2, 0) is 0 Å². The zero-order chi connectivity index (χ0) is 18.5. The number of thiazole rings is 1.